The normalized spacial score (nSPS) is 22.8. The van der Waals surface area contributed by atoms with Crippen molar-refractivity contribution in [1.29, 1.82) is 10.5 Å². The van der Waals surface area contributed by atoms with Gasteiger partial charge in [0.15, 0.2) is 0 Å². The molecule has 94 valence electrons. The first-order valence-corrected chi connectivity index (χ1v) is 6.75. The van der Waals surface area contributed by atoms with Gasteiger partial charge in [-0.05, 0) is 37.5 Å². The molecule has 0 aliphatic heterocycles. The molecule has 2 fully saturated rings. The molecular formula is C15H24N2. The summed E-state index contributed by atoms with van der Waals surface area (Å²) in [6, 6.07) is 4.77. The molecule has 2 aliphatic carbocycles. The Kier molecular flexibility index (Phi) is 4.21. The Morgan fingerprint density at radius 3 is 1.12 bits per heavy atom. The van der Waals surface area contributed by atoms with Crippen LogP contribution in [-0.4, -0.2) is 0 Å². The number of hydrogen-bond donors (Lipinski definition) is 0. The van der Waals surface area contributed by atoms with E-state index in [1.54, 1.807) is 0 Å². The van der Waals surface area contributed by atoms with Crippen LogP contribution in [-0.2, 0) is 0 Å². The van der Waals surface area contributed by atoms with Crippen molar-refractivity contribution in [1.82, 2.24) is 0 Å². The van der Waals surface area contributed by atoms with Gasteiger partial charge in [-0.15, -0.1) is 0 Å². The van der Waals surface area contributed by atoms with Crippen molar-refractivity contribution in [3.8, 4) is 12.1 Å². The predicted molar refractivity (Wildman–Crippen MR) is 68.9 cm³/mol. The van der Waals surface area contributed by atoms with Crippen LogP contribution in [0.1, 0.15) is 59.8 Å². The first-order valence-electron chi connectivity index (χ1n) is 6.75. The summed E-state index contributed by atoms with van der Waals surface area (Å²) in [5.74, 6) is 1.11. The minimum absolute atomic E-state index is 0.0694. The van der Waals surface area contributed by atoms with Crippen molar-refractivity contribution >= 4 is 0 Å². The van der Waals surface area contributed by atoms with Crippen LogP contribution >= 0.6 is 0 Å². The average molecular weight is 232 g/mol. The molecule has 0 spiro atoms. The second-order valence-electron chi connectivity index (χ2n) is 6.20. The third-order valence-corrected chi connectivity index (χ3v) is 4.69. The Bertz CT molecular complexity index is 333. The molecule has 0 bridgehead atoms. The molecule has 2 aliphatic rings. The van der Waals surface area contributed by atoms with E-state index >= 15 is 0 Å². The van der Waals surface area contributed by atoms with Crippen molar-refractivity contribution < 1.29 is 0 Å². The predicted octanol–water partition coefficient (Wildman–Crippen LogP) is 4.28. The largest absolute Gasteiger partial charge is 0.198 e. The Hall–Kier alpha value is -1.02. The zero-order chi connectivity index (χ0) is 13.1. The van der Waals surface area contributed by atoms with Gasteiger partial charge in [0.05, 0.1) is 23.0 Å². The fraction of sp³-hybridized carbons (Fsp3) is 0.867. The van der Waals surface area contributed by atoms with Crippen molar-refractivity contribution in [2.24, 2.45) is 22.7 Å². The van der Waals surface area contributed by atoms with Crippen molar-refractivity contribution in [2.45, 2.75) is 59.8 Å². The smallest absolute Gasteiger partial charge is 0.0692 e. The molecule has 0 heterocycles. The molecule has 0 amide bonds. The van der Waals surface area contributed by atoms with Gasteiger partial charge in [-0.3, -0.25) is 0 Å². The standard InChI is InChI=1S/C8H13N.C7H11N/c1-7(2)8(6-9)4-3-5-8;1-6(2)7(5-8)3-4-7/h7H,3-5H2,1-2H3;6H,3-4H2,1-2H3. The van der Waals surface area contributed by atoms with Gasteiger partial charge >= 0.3 is 0 Å². The zero-order valence-electron chi connectivity index (χ0n) is 11.6. The van der Waals surface area contributed by atoms with Gasteiger partial charge in [-0.25, -0.2) is 0 Å². The van der Waals surface area contributed by atoms with Crippen LogP contribution in [0.15, 0.2) is 0 Å². The second-order valence-corrected chi connectivity index (χ2v) is 6.20. The van der Waals surface area contributed by atoms with E-state index in [1.165, 1.54) is 6.42 Å². The third kappa shape index (κ3) is 2.81. The van der Waals surface area contributed by atoms with E-state index in [-0.39, 0.29) is 10.8 Å². The first kappa shape index (κ1) is 14.0. The van der Waals surface area contributed by atoms with E-state index in [0.717, 1.165) is 25.7 Å². The van der Waals surface area contributed by atoms with Crippen LogP contribution in [0.3, 0.4) is 0 Å². The highest BCUT2D eigenvalue weighted by Gasteiger charge is 2.45. The molecular weight excluding hydrogens is 208 g/mol. The van der Waals surface area contributed by atoms with Gasteiger partial charge in [0.25, 0.3) is 0 Å². The van der Waals surface area contributed by atoms with Gasteiger partial charge in [-0.1, -0.05) is 34.1 Å². The van der Waals surface area contributed by atoms with Crippen LogP contribution in [0.4, 0.5) is 0 Å². The van der Waals surface area contributed by atoms with Crippen molar-refractivity contribution in [2.75, 3.05) is 0 Å². The lowest BCUT2D eigenvalue weighted by Gasteiger charge is -2.38. The van der Waals surface area contributed by atoms with Gasteiger partial charge in [0, 0.05) is 0 Å². The van der Waals surface area contributed by atoms with E-state index in [9.17, 15) is 0 Å². The lowest BCUT2D eigenvalue weighted by atomic mass is 9.63. The lowest BCUT2D eigenvalue weighted by Crippen LogP contribution is -2.32. The van der Waals surface area contributed by atoms with Crippen LogP contribution in [0.5, 0.6) is 0 Å². The summed E-state index contributed by atoms with van der Waals surface area (Å²) in [4.78, 5) is 0. The lowest BCUT2D eigenvalue weighted by molar-refractivity contribution is 0.141. The fourth-order valence-electron chi connectivity index (χ4n) is 2.33. The highest BCUT2D eigenvalue weighted by atomic mass is 14.5. The Labute approximate surface area is 106 Å². The number of nitriles is 2. The van der Waals surface area contributed by atoms with Crippen molar-refractivity contribution in [3.05, 3.63) is 0 Å². The average Bonchev–Trinajstić information content (AvgIpc) is 2.97. The van der Waals surface area contributed by atoms with Crippen LogP contribution in [0.25, 0.3) is 0 Å². The maximum absolute atomic E-state index is 8.76. The molecule has 0 N–H and O–H groups in total. The number of nitrogens with zero attached hydrogens (tertiary/aromatic N) is 2. The third-order valence-electron chi connectivity index (χ3n) is 4.69. The van der Waals surface area contributed by atoms with E-state index in [0.29, 0.717) is 11.8 Å². The topological polar surface area (TPSA) is 47.6 Å². The summed E-state index contributed by atoms with van der Waals surface area (Å²) < 4.78 is 0. The van der Waals surface area contributed by atoms with Gasteiger partial charge in [0.2, 0.25) is 0 Å². The van der Waals surface area contributed by atoms with Crippen LogP contribution in [0, 0.1) is 45.3 Å². The van der Waals surface area contributed by atoms with Crippen LogP contribution in [0.2, 0.25) is 0 Å². The van der Waals surface area contributed by atoms with E-state index < -0.39 is 0 Å². The van der Waals surface area contributed by atoms with Gasteiger partial charge in [-0.2, -0.15) is 10.5 Å². The Morgan fingerprint density at radius 2 is 1.12 bits per heavy atom. The summed E-state index contributed by atoms with van der Waals surface area (Å²) in [6.45, 7) is 8.52. The molecule has 0 saturated heterocycles. The van der Waals surface area contributed by atoms with E-state index in [2.05, 4.69) is 39.8 Å². The maximum atomic E-state index is 8.76. The van der Waals surface area contributed by atoms with E-state index in [1.807, 2.05) is 0 Å². The monoisotopic (exact) mass is 232 g/mol. The fourth-order valence-corrected chi connectivity index (χ4v) is 2.33. The van der Waals surface area contributed by atoms with Crippen molar-refractivity contribution in [3.63, 3.8) is 0 Å². The summed E-state index contributed by atoms with van der Waals surface area (Å²) in [7, 11) is 0. The minimum atomic E-state index is 0.0694. The highest BCUT2D eigenvalue weighted by Crippen LogP contribution is 2.50. The molecule has 2 saturated carbocycles. The molecule has 0 aromatic rings. The molecule has 0 radical (unpaired) electrons. The maximum Gasteiger partial charge on any atom is 0.0692 e. The Balaban J connectivity index is 0.000000171. The zero-order valence-corrected chi connectivity index (χ0v) is 11.6. The SMILES string of the molecule is CC(C)C1(C#N)CC1.CC(C)C1(C#N)CCC1. The summed E-state index contributed by atoms with van der Waals surface area (Å²) in [6.07, 6.45) is 5.76. The van der Waals surface area contributed by atoms with E-state index in [4.69, 9.17) is 10.5 Å². The molecule has 2 nitrogen and oxygen atoms in total. The Morgan fingerprint density at radius 1 is 0.765 bits per heavy atom. The highest BCUT2D eigenvalue weighted by molar-refractivity contribution is 5.11. The van der Waals surface area contributed by atoms with Gasteiger partial charge < -0.3 is 0 Å². The van der Waals surface area contributed by atoms with Gasteiger partial charge in [0.1, 0.15) is 0 Å². The van der Waals surface area contributed by atoms with Crippen LogP contribution < -0.4 is 0 Å². The first-order chi connectivity index (χ1) is 7.92. The second kappa shape index (κ2) is 5.09. The number of rotatable bonds is 2. The molecule has 0 aromatic heterocycles. The molecule has 17 heavy (non-hydrogen) atoms. The molecule has 2 heteroatoms. The molecule has 2 rings (SSSR count). The summed E-state index contributed by atoms with van der Waals surface area (Å²) in [5, 5.41) is 17.3. The molecule has 0 aromatic carbocycles. The molecule has 0 atom stereocenters. The quantitative estimate of drug-likeness (QED) is 0.713. The minimum Gasteiger partial charge on any atom is -0.198 e. The summed E-state index contributed by atoms with van der Waals surface area (Å²) >= 11 is 0. The summed E-state index contributed by atoms with van der Waals surface area (Å²) in [5.41, 5.74) is 0.167. The molecule has 0 unspecified atom stereocenters. The number of hydrogen-bond acceptors (Lipinski definition) is 2.